The third-order valence-corrected chi connectivity index (χ3v) is 3.28. The van der Waals surface area contributed by atoms with E-state index in [9.17, 15) is 0 Å². The molecular weight excluding hydrogens is 236 g/mol. The molecular formula is C15H16N4. The van der Waals surface area contributed by atoms with E-state index >= 15 is 0 Å². The second-order valence-electron chi connectivity index (χ2n) is 5.00. The highest BCUT2D eigenvalue weighted by atomic mass is 15.0. The van der Waals surface area contributed by atoms with Crippen LogP contribution in [0, 0.1) is 18.3 Å². The predicted molar refractivity (Wildman–Crippen MR) is 74.5 cm³/mol. The highest BCUT2D eigenvalue weighted by Gasteiger charge is 2.27. The van der Waals surface area contributed by atoms with E-state index in [4.69, 9.17) is 11.0 Å². The maximum absolute atomic E-state index is 9.00. The minimum atomic E-state index is -0.353. The zero-order valence-electron chi connectivity index (χ0n) is 11.3. The topological polar surface area (TPSA) is 75.6 Å². The molecule has 0 aliphatic carbocycles. The van der Waals surface area contributed by atoms with Crippen LogP contribution in [0.5, 0.6) is 0 Å². The molecule has 0 radical (unpaired) electrons. The lowest BCUT2D eigenvalue weighted by Gasteiger charge is -2.24. The molecule has 0 saturated carbocycles. The first-order chi connectivity index (χ1) is 8.96. The summed E-state index contributed by atoms with van der Waals surface area (Å²) in [6, 6.07) is 12.0. The van der Waals surface area contributed by atoms with Gasteiger partial charge in [-0.05, 0) is 26.3 Å². The van der Waals surface area contributed by atoms with Gasteiger partial charge < -0.3 is 5.73 Å². The number of aryl methyl sites for hydroxylation is 1. The Bertz CT molecular complexity index is 616. The lowest BCUT2D eigenvalue weighted by Crippen LogP contribution is -2.24. The Balaban J connectivity index is 2.57. The van der Waals surface area contributed by atoms with E-state index in [0.717, 1.165) is 5.56 Å². The van der Waals surface area contributed by atoms with E-state index in [1.807, 2.05) is 50.2 Å². The summed E-state index contributed by atoms with van der Waals surface area (Å²) in [5.74, 6) is 0.877. The zero-order chi connectivity index (χ0) is 14.0. The van der Waals surface area contributed by atoms with Crippen molar-refractivity contribution >= 4 is 5.82 Å². The van der Waals surface area contributed by atoms with Crippen LogP contribution in [-0.4, -0.2) is 9.97 Å². The average Bonchev–Trinajstić information content (AvgIpc) is 2.39. The summed E-state index contributed by atoms with van der Waals surface area (Å²) in [7, 11) is 0. The van der Waals surface area contributed by atoms with Crippen LogP contribution in [-0.2, 0) is 5.41 Å². The predicted octanol–water partition coefficient (Wildman–Crippen LogP) is 2.56. The van der Waals surface area contributed by atoms with Crippen molar-refractivity contribution in [2.24, 2.45) is 0 Å². The second kappa shape index (κ2) is 4.69. The lowest BCUT2D eigenvalue weighted by atomic mass is 9.83. The molecule has 19 heavy (non-hydrogen) atoms. The third kappa shape index (κ3) is 2.27. The monoisotopic (exact) mass is 252 g/mol. The van der Waals surface area contributed by atoms with Gasteiger partial charge in [0.15, 0.2) is 0 Å². The number of nitrogens with two attached hydrogens (primary N) is 1. The molecule has 1 aromatic heterocycles. The highest BCUT2D eigenvalue weighted by Crippen LogP contribution is 2.30. The van der Waals surface area contributed by atoms with Gasteiger partial charge in [0.2, 0.25) is 0 Å². The number of nitrogens with zero attached hydrogens (tertiary/aromatic N) is 3. The van der Waals surface area contributed by atoms with Gasteiger partial charge in [0.05, 0.1) is 5.69 Å². The van der Waals surface area contributed by atoms with Gasteiger partial charge in [-0.3, -0.25) is 0 Å². The number of anilines is 1. The van der Waals surface area contributed by atoms with Crippen LogP contribution in [0.1, 0.15) is 36.5 Å². The summed E-state index contributed by atoms with van der Waals surface area (Å²) in [4.78, 5) is 8.74. The van der Waals surface area contributed by atoms with Crippen molar-refractivity contribution in [3.8, 4) is 6.07 Å². The van der Waals surface area contributed by atoms with Crippen LogP contribution in [0.3, 0.4) is 0 Å². The molecule has 4 heteroatoms. The summed E-state index contributed by atoms with van der Waals surface area (Å²) < 4.78 is 0. The molecule has 2 N–H and O–H groups in total. The summed E-state index contributed by atoms with van der Waals surface area (Å²) >= 11 is 0. The van der Waals surface area contributed by atoms with Crippen molar-refractivity contribution < 1.29 is 0 Å². The van der Waals surface area contributed by atoms with Crippen LogP contribution in [0.4, 0.5) is 5.82 Å². The van der Waals surface area contributed by atoms with E-state index in [1.165, 1.54) is 0 Å². The molecule has 2 rings (SSSR count). The lowest BCUT2D eigenvalue weighted by molar-refractivity contribution is 0.588. The largest absolute Gasteiger partial charge is 0.382 e. The first kappa shape index (κ1) is 13.0. The fraction of sp³-hybridized carbons (Fsp3) is 0.267. The Labute approximate surface area is 112 Å². The molecule has 0 unspecified atom stereocenters. The maximum Gasteiger partial charge on any atom is 0.145 e. The molecule has 0 atom stereocenters. The van der Waals surface area contributed by atoms with E-state index < -0.39 is 0 Å². The van der Waals surface area contributed by atoms with Crippen LogP contribution in [0.15, 0.2) is 30.3 Å². The molecule has 0 amide bonds. The van der Waals surface area contributed by atoms with Crippen molar-refractivity contribution in [3.05, 3.63) is 53.0 Å². The van der Waals surface area contributed by atoms with Crippen LogP contribution in [0.25, 0.3) is 0 Å². The van der Waals surface area contributed by atoms with E-state index in [1.54, 1.807) is 6.92 Å². The third-order valence-electron chi connectivity index (χ3n) is 3.28. The van der Waals surface area contributed by atoms with Gasteiger partial charge in [-0.1, -0.05) is 30.3 Å². The van der Waals surface area contributed by atoms with Crippen molar-refractivity contribution in [2.75, 3.05) is 5.73 Å². The van der Waals surface area contributed by atoms with Gasteiger partial charge in [0, 0.05) is 5.41 Å². The molecule has 2 aromatic rings. The standard InChI is InChI=1S/C15H16N4/c1-10-12(9-16)13(17)19-14(18-10)15(2,3)11-7-5-4-6-8-11/h4-8H,1-3H3,(H2,17,18,19). The molecule has 1 heterocycles. The van der Waals surface area contributed by atoms with E-state index in [0.29, 0.717) is 17.1 Å². The summed E-state index contributed by atoms with van der Waals surface area (Å²) in [6.07, 6.45) is 0. The maximum atomic E-state index is 9.00. The number of nitrogen functional groups attached to an aromatic ring is 1. The van der Waals surface area contributed by atoms with Crippen molar-refractivity contribution in [3.63, 3.8) is 0 Å². The first-order valence-electron chi connectivity index (χ1n) is 6.07. The Morgan fingerprint density at radius 3 is 2.32 bits per heavy atom. The fourth-order valence-corrected chi connectivity index (χ4v) is 2.00. The molecule has 0 spiro atoms. The summed E-state index contributed by atoms with van der Waals surface area (Å²) in [6.45, 7) is 5.87. The minimum Gasteiger partial charge on any atom is -0.382 e. The highest BCUT2D eigenvalue weighted by molar-refractivity contribution is 5.51. The quantitative estimate of drug-likeness (QED) is 0.891. The summed E-state index contributed by atoms with van der Waals surface area (Å²) in [5.41, 5.74) is 7.56. The minimum absolute atomic E-state index is 0.244. The Hall–Kier alpha value is -2.41. The van der Waals surface area contributed by atoms with E-state index in [2.05, 4.69) is 9.97 Å². The van der Waals surface area contributed by atoms with Gasteiger partial charge >= 0.3 is 0 Å². The van der Waals surface area contributed by atoms with Gasteiger partial charge in [-0.2, -0.15) is 5.26 Å². The molecule has 0 saturated heterocycles. The SMILES string of the molecule is Cc1nc(C(C)(C)c2ccccc2)nc(N)c1C#N. The van der Waals surface area contributed by atoms with Gasteiger partial charge in [-0.25, -0.2) is 9.97 Å². The number of benzene rings is 1. The second-order valence-corrected chi connectivity index (χ2v) is 5.00. The fourth-order valence-electron chi connectivity index (χ4n) is 2.00. The number of nitriles is 1. The van der Waals surface area contributed by atoms with Gasteiger partial charge in [0.1, 0.15) is 23.3 Å². The molecule has 0 aliphatic rings. The summed E-state index contributed by atoms with van der Waals surface area (Å²) in [5, 5.41) is 9.00. The molecule has 96 valence electrons. The Morgan fingerprint density at radius 2 is 1.79 bits per heavy atom. The first-order valence-corrected chi connectivity index (χ1v) is 6.07. The van der Waals surface area contributed by atoms with Crippen LogP contribution < -0.4 is 5.73 Å². The van der Waals surface area contributed by atoms with Gasteiger partial charge in [-0.15, -0.1) is 0 Å². The van der Waals surface area contributed by atoms with Crippen LogP contribution >= 0.6 is 0 Å². The molecule has 0 fully saturated rings. The number of hydrogen-bond acceptors (Lipinski definition) is 4. The number of hydrogen-bond donors (Lipinski definition) is 1. The Morgan fingerprint density at radius 1 is 1.16 bits per heavy atom. The molecule has 0 aliphatic heterocycles. The normalized spacial score (nSPS) is 11.1. The van der Waals surface area contributed by atoms with E-state index in [-0.39, 0.29) is 11.2 Å². The smallest absolute Gasteiger partial charge is 0.145 e. The zero-order valence-corrected chi connectivity index (χ0v) is 11.3. The number of rotatable bonds is 2. The van der Waals surface area contributed by atoms with Crippen molar-refractivity contribution in [1.29, 1.82) is 5.26 Å². The number of aromatic nitrogens is 2. The van der Waals surface area contributed by atoms with Crippen molar-refractivity contribution in [1.82, 2.24) is 9.97 Å². The Kier molecular flexibility index (Phi) is 3.22. The van der Waals surface area contributed by atoms with Crippen LogP contribution in [0.2, 0.25) is 0 Å². The average molecular weight is 252 g/mol. The van der Waals surface area contributed by atoms with Gasteiger partial charge in [0.25, 0.3) is 0 Å². The molecule has 1 aromatic carbocycles. The molecule has 4 nitrogen and oxygen atoms in total. The molecule has 0 bridgehead atoms. The van der Waals surface area contributed by atoms with Crippen molar-refractivity contribution in [2.45, 2.75) is 26.2 Å².